The number of ether oxygens (including phenoxy) is 2. The van der Waals surface area contributed by atoms with E-state index in [9.17, 15) is 22.8 Å². The zero-order valence-electron chi connectivity index (χ0n) is 18.8. The third-order valence-corrected chi connectivity index (χ3v) is 6.14. The third-order valence-electron chi connectivity index (χ3n) is 6.14. The van der Waals surface area contributed by atoms with Crippen molar-refractivity contribution < 1.29 is 32.2 Å². The lowest BCUT2D eigenvalue weighted by molar-refractivity contribution is -0.138. The fourth-order valence-electron chi connectivity index (χ4n) is 4.27. The Kier molecular flexibility index (Phi) is 6.54. The van der Waals surface area contributed by atoms with Gasteiger partial charge in [-0.2, -0.15) is 13.2 Å². The van der Waals surface area contributed by atoms with Gasteiger partial charge in [0.05, 0.1) is 31.4 Å². The standard InChI is InChI=1S/C23H25F3N4O4/c1-33-17-4-5-18(19(12-17)34-2)30-14-15(11-21(30)31)22(32)29-9-7-28(8-10-29)20-6-3-16(13-27-20)23(24,25)26/h3-6,12-13,15H,7-11,14H2,1-2H3/t15-/m0/s1. The van der Waals surface area contributed by atoms with Crippen LogP contribution >= 0.6 is 0 Å². The maximum Gasteiger partial charge on any atom is 0.417 e. The van der Waals surface area contributed by atoms with E-state index in [0.29, 0.717) is 49.2 Å². The van der Waals surface area contributed by atoms with Crippen molar-refractivity contribution in [1.82, 2.24) is 9.88 Å². The topological polar surface area (TPSA) is 75.2 Å². The number of methoxy groups -OCH3 is 2. The number of carbonyl (C=O) groups excluding carboxylic acids is 2. The Labute approximate surface area is 194 Å². The molecule has 11 heteroatoms. The number of hydrogen-bond donors (Lipinski definition) is 0. The summed E-state index contributed by atoms with van der Waals surface area (Å²) in [6.45, 7) is 1.94. The summed E-state index contributed by atoms with van der Waals surface area (Å²) in [5, 5.41) is 0. The third kappa shape index (κ3) is 4.73. The molecule has 8 nitrogen and oxygen atoms in total. The Bertz CT molecular complexity index is 1050. The molecule has 2 amide bonds. The maximum absolute atomic E-state index is 13.1. The summed E-state index contributed by atoms with van der Waals surface area (Å²) in [4.78, 5) is 34.8. The number of nitrogens with zero attached hydrogens (tertiary/aromatic N) is 4. The Morgan fingerprint density at radius 1 is 1.06 bits per heavy atom. The van der Waals surface area contributed by atoms with Crippen LogP contribution in [-0.4, -0.2) is 68.6 Å². The van der Waals surface area contributed by atoms with Crippen molar-refractivity contribution >= 4 is 23.3 Å². The SMILES string of the molecule is COc1ccc(N2C[C@@H](C(=O)N3CCN(c4ccc(C(F)(F)F)cn4)CC3)CC2=O)c(OC)c1. The van der Waals surface area contributed by atoms with E-state index in [2.05, 4.69) is 4.98 Å². The zero-order valence-corrected chi connectivity index (χ0v) is 18.8. The van der Waals surface area contributed by atoms with Gasteiger partial charge in [-0.1, -0.05) is 0 Å². The van der Waals surface area contributed by atoms with E-state index in [1.807, 2.05) is 4.90 Å². The van der Waals surface area contributed by atoms with E-state index in [1.165, 1.54) is 20.3 Å². The van der Waals surface area contributed by atoms with Gasteiger partial charge in [-0.15, -0.1) is 0 Å². The highest BCUT2D eigenvalue weighted by Crippen LogP contribution is 2.36. The molecule has 0 spiro atoms. The molecule has 0 radical (unpaired) electrons. The van der Waals surface area contributed by atoms with Gasteiger partial charge in [-0.3, -0.25) is 9.59 Å². The number of alkyl halides is 3. The van der Waals surface area contributed by atoms with Crippen molar-refractivity contribution in [3.05, 3.63) is 42.1 Å². The van der Waals surface area contributed by atoms with E-state index in [1.54, 1.807) is 28.0 Å². The summed E-state index contributed by atoms with van der Waals surface area (Å²) in [7, 11) is 3.05. The highest BCUT2D eigenvalue weighted by molar-refractivity contribution is 6.01. The first kappa shape index (κ1) is 23.7. The van der Waals surface area contributed by atoms with Gasteiger partial charge in [0.15, 0.2) is 0 Å². The van der Waals surface area contributed by atoms with Crippen LogP contribution in [0.15, 0.2) is 36.5 Å². The Morgan fingerprint density at radius 2 is 1.79 bits per heavy atom. The fourth-order valence-corrected chi connectivity index (χ4v) is 4.27. The molecule has 2 aliphatic rings. The number of amides is 2. The van der Waals surface area contributed by atoms with Crippen LogP contribution in [0.25, 0.3) is 0 Å². The van der Waals surface area contributed by atoms with Gasteiger partial charge in [0.2, 0.25) is 11.8 Å². The van der Waals surface area contributed by atoms with Gasteiger partial charge in [0.25, 0.3) is 0 Å². The Morgan fingerprint density at radius 3 is 2.38 bits per heavy atom. The summed E-state index contributed by atoms with van der Waals surface area (Å²) in [6, 6.07) is 7.50. The summed E-state index contributed by atoms with van der Waals surface area (Å²) in [5.41, 5.74) is -0.212. The lowest BCUT2D eigenvalue weighted by atomic mass is 10.1. The molecular formula is C23H25F3N4O4. The second kappa shape index (κ2) is 9.40. The van der Waals surface area contributed by atoms with Gasteiger partial charge in [-0.05, 0) is 24.3 Å². The highest BCUT2D eigenvalue weighted by atomic mass is 19.4. The minimum atomic E-state index is -4.43. The van der Waals surface area contributed by atoms with Gasteiger partial charge < -0.3 is 24.2 Å². The van der Waals surface area contributed by atoms with E-state index < -0.39 is 17.7 Å². The van der Waals surface area contributed by atoms with Crippen LogP contribution in [0, 0.1) is 5.92 Å². The smallest absolute Gasteiger partial charge is 0.417 e. The molecule has 4 rings (SSSR count). The number of benzene rings is 1. The van der Waals surface area contributed by atoms with Crippen LogP contribution in [0.4, 0.5) is 24.7 Å². The number of anilines is 2. The summed E-state index contributed by atoms with van der Waals surface area (Å²) >= 11 is 0. The molecule has 1 atom stereocenters. The molecule has 0 aliphatic carbocycles. The number of piperazine rings is 1. The van der Waals surface area contributed by atoms with Crippen molar-refractivity contribution in [2.45, 2.75) is 12.6 Å². The number of aromatic nitrogens is 1. The second-order valence-electron chi connectivity index (χ2n) is 8.16. The highest BCUT2D eigenvalue weighted by Gasteiger charge is 2.39. The number of carbonyl (C=O) groups is 2. The van der Waals surface area contributed by atoms with Crippen molar-refractivity contribution in [3.63, 3.8) is 0 Å². The molecule has 1 aromatic heterocycles. The molecule has 2 aliphatic heterocycles. The van der Waals surface area contributed by atoms with Crippen LogP contribution in [0.5, 0.6) is 11.5 Å². The molecule has 2 saturated heterocycles. The van der Waals surface area contributed by atoms with E-state index in [0.717, 1.165) is 12.3 Å². The predicted octanol–water partition coefficient (Wildman–Crippen LogP) is 2.82. The Balaban J connectivity index is 1.37. The first-order valence-electron chi connectivity index (χ1n) is 10.8. The van der Waals surface area contributed by atoms with Gasteiger partial charge in [0, 0.05) is 51.4 Å². The van der Waals surface area contributed by atoms with E-state index in [4.69, 9.17) is 9.47 Å². The monoisotopic (exact) mass is 478 g/mol. The minimum Gasteiger partial charge on any atom is -0.497 e. The molecule has 34 heavy (non-hydrogen) atoms. The summed E-state index contributed by atoms with van der Waals surface area (Å²) in [6.07, 6.45) is -3.51. The molecule has 0 bridgehead atoms. The first-order valence-corrected chi connectivity index (χ1v) is 10.8. The van der Waals surface area contributed by atoms with Crippen LogP contribution in [-0.2, 0) is 15.8 Å². The first-order chi connectivity index (χ1) is 16.2. The van der Waals surface area contributed by atoms with Crippen molar-refractivity contribution in [2.75, 3.05) is 56.7 Å². The van der Waals surface area contributed by atoms with Gasteiger partial charge >= 0.3 is 6.18 Å². The fraction of sp³-hybridized carbons (Fsp3) is 0.435. The lowest BCUT2D eigenvalue weighted by Crippen LogP contribution is -2.51. The summed E-state index contributed by atoms with van der Waals surface area (Å²) < 4.78 is 48.9. The largest absolute Gasteiger partial charge is 0.497 e. The van der Waals surface area contributed by atoms with E-state index >= 15 is 0 Å². The molecule has 182 valence electrons. The number of halogens is 3. The van der Waals surface area contributed by atoms with Crippen molar-refractivity contribution in [2.24, 2.45) is 5.92 Å². The average Bonchev–Trinajstić information content (AvgIpc) is 3.24. The van der Waals surface area contributed by atoms with Crippen molar-refractivity contribution in [1.29, 1.82) is 0 Å². The maximum atomic E-state index is 13.1. The summed E-state index contributed by atoms with van der Waals surface area (Å²) in [5.74, 6) is 0.778. The minimum absolute atomic E-state index is 0.106. The molecule has 0 unspecified atom stereocenters. The molecule has 3 heterocycles. The molecule has 0 N–H and O–H groups in total. The molecule has 0 saturated carbocycles. The van der Waals surface area contributed by atoms with Crippen LogP contribution in [0.3, 0.4) is 0 Å². The van der Waals surface area contributed by atoms with Crippen LogP contribution < -0.4 is 19.3 Å². The molecule has 1 aromatic carbocycles. The average molecular weight is 478 g/mol. The number of pyridine rings is 1. The van der Waals surface area contributed by atoms with Crippen LogP contribution in [0.2, 0.25) is 0 Å². The molecule has 2 aromatic rings. The van der Waals surface area contributed by atoms with Crippen LogP contribution in [0.1, 0.15) is 12.0 Å². The number of hydrogen-bond acceptors (Lipinski definition) is 6. The van der Waals surface area contributed by atoms with E-state index in [-0.39, 0.29) is 24.8 Å². The Hall–Kier alpha value is -3.50. The molecule has 2 fully saturated rings. The zero-order chi connectivity index (χ0) is 24.5. The predicted molar refractivity (Wildman–Crippen MR) is 118 cm³/mol. The van der Waals surface area contributed by atoms with Gasteiger partial charge in [0.1, 0.15) is 17.3 Å². The number of rotatable bonds is 5. The lowest BCUT2D eigenvalue weighted by Gasteiger charge is -2.36. The normalized spacial score (nSPS) is 18.9. The molecular weight excluding hydrogens is 453 g/mol. The second-order valence-corrected chi connectivity index (χ2v) is 8.16. The quantitative estimate of drug-likeness (QED) is 0.658. The van der Waals surface area contributed by atoms with Gasteiger partial charge in [-0.25, -0.2) is 4.98 Å². The van der Waals surface area contributed by atoms with Crippen molar-refractivity contribution in [3.8, 4) is 11.5 Å².